The van der Waals surface area contributed by atoms with Crippen molar-refractivity contribution in [2.45, 2.75) is 4.34 Å². The number of carbonyl (C=O) groups excluding carboxylic acids is 1. The second-order valence-corrected chi connectivity index (χ2v) is 7.34. The van der Waals surface area contributed by atoms with Crippen LogP contribution in [0.1, 0.15) is 0 Å². The van der Waals surface area contributed by atoms with E-state index in [1.165, 1.54) is 11.3 Å². The van der Waals surface area contributed by atoms with Gasteiger partial charge in [0.15, 0.2) is 21.8 Å². The number of hydrogen-bond acceptors (Lipinski definition) is 4. The summed E-state index contributed by atoms with van der Waals surface area (Å²) >= 11 is 8.43. The average Bonchev–Trinajstić information content (AvgIpc) is 2.95. The number of nitrogens with one attached hydrogen (secondary N) is 1. The van der Waals surface area contributed by atoms with Gasteiger partial charge in [-0.25, -0.2) is 18.2 Å². The lowest BCUT2D eigenvalue weighted by Gasteiger charge is -2.06. The minimum atomic E-state index is -1.62. The number of fused-ring (bicyclic) bond motifs is 1. The van der Waals surface area contributed by atoms with E-state index in [9.17, 15) is 18.0 Å². The first-order valence-corrected chi connectivity index (χ1v) is 8.74. The first-order valence-electron chi connectivity index (χ1n) is 6.56. The van der Waals surface area contributed by atoms with Gasteiger partial charge in [0.1, 0.15) is 0 Å². The fraction of sp³-hybridized carbons (Fsp3) is 0.0667. The molecule has 9 heteroatoms. The number of carbonyl (C=O) groups is 1. The molecule has 1 amide bonds. The zero-order valence-corrected chi connectivity index (χ0v) is 14.2. The van der Waals surface area contributed by atoms with Crippen LogP contribution in [0.5, 0.6) is 0 Å². The summed E-state index contributed by atoms with van der Waals surface area (Å²) in [5.41, 5.74) is 0.317. The minimum Gasteiger partial charge on any atom is -0.323 e. The Morgan fingerprint density at radius 2 is 2.00 bits per heavy atom. The maximum Gasteiger partial charge on any atom is 0.234 e. The molecular weight excluding hydrogens is 381 g/mol. The van der Waals surface area contributed by atoms with E-state index in [-0.39, 0.29) is 5.75 Å². The topological polar surface area (TPSA) is 42.0 Å². The number of benzene rings is 2. The van der Waals surface area contributed by atoms with Crippen molar-refractivity contribution in [1.82, 2.24) is 4.98 Å². The molecule has 124 valence electrons. The van der Waals surface area contributed by atoms with Crippen LogP contribution in [-0.2, 0) is 4.79 Å². The van der Waals surface area contributed by atoms with Crippen LogP contribution in [-0.4, -0.2) is 16.6 Å². The molecule has 0 aliphatic rings. The van der Waals surface area contributed by atoms with Crippen molar-refractivity contribution in [2.24, 2.45) is 0 Å². The van der Waals surface area contributed by atoms with Crippen molar-refractivity contribution in [2.75, 3.05) is 11.1 Å². The van der Waals surface area contributed by atoms with Crippen LogP contribution in [0.25, 0.3) is 10.2 Å². The molecule has 2 aromatic carbocycles. The highest BCUT2D eigenvalue weighted by molar-refractivity contribution is 8.01. The van der Waals surface area contributed by atoms with E-state index in [2.05, 4.69) is 10.3 Å². The van der Waals surface area contributed by atoms with Crippen molar-refractivity contribution < 1.29 is 18.0 Å². The summed E-state index contributed by atoms with van der Waals surface area (Å²) in [5.74, 6) is -4.96. The third-order valence-corrected chi connectivity index (χ3v) is 5.38. The second kappa shape index (κ2) is 7.00. The standard InChI is InChI=1S/C15H8ClF3N2OS2/c16-7-1-4-11-10(5-7)21-15(24-11)23-6-12(22)20-9-3-2-8(17)13(18)14(9)19/h1-5H,6H2,(H,20,22). The number of anilines is 1. The Morgan fingerprint density at radius 3 is 2.79 bits per heavy atom. The number of thioether (sulfide) groups is 1. The molecule has 1 aromatic heterocycles. The average molecular weight is 389 g/mol. The van der Waals surface area contributed by atoms with E-state index < -0.39 is 29.0 Å². The molecule has 0 saturated heterocycles. The molecule has 0 spiro atoms. The van der Waals surface area contributed by atoms with Crippen LogP contribution < -0.4 is 5.32 Å². The lowest BCUT2D eigenvalue weighted by atomic mass is 10.3. The molecule has 1 heterocycles. The molecule has 0 aliphatic heterocycles. The number of aromatic nitrogens is 1. The van der Waals surface area contributed by atoms with E-state index in [0.717, 1.165) is 34.1 Å². The number of thiazole rings is 1. The molecule has 1 N–H and O–H groups in total. The summed E-state index contributed by atoms with van der Waals surface area (Å²) in [5, 5.41) is 2.77. The summed E-state index contributed by atoms with van der Waals surface area (Å²) in [7, 11) is 0. The van der Waals surface area contributed by atoms with Crippen LogP contribution in [0.2, 0.25) is 5.02 Å². The zero-order chi connectivity index (χ0) is 17.3. The number of nitrogens with zero attached hydrogens (tertiary/aromatic N) is 1. The SMILES string of the molecule is O=C(CSc1nc2cc(Cl)ccc2s1)Nc1ccc(F)c(F)c1F. The Balaban J connectivity index is 1.65. The summed E-state index contributed by atoms with van der Waals surface area (Å²) in [6, 6.07) is 7.01. The fourth-order valence-corrected chi connectivity index (χ4v) is 3.89. The molecule has 0 radical (unpaired) electrons. The molecule has 0 unspecified atom stereocenters. The second-order valence-electron chi connectivity index (χ2n) is 4.65. The van der Waals surface area contributed by atoms with Crippen LogP contribution in [0.3, 0.4) is 0 Å². The lowest BCUT2D eigenvalue weighted by molar-refractivity contribution is -0.113. The van der Waals surface area contributed by atoms with Gasteiger partial charge in [-0.1, -0.05) is 23.4 Å². The summed E-state index contributed by atoms with van der Waals surface area (Å²) < 4.78 is 41.0. The van der Waals surface area contributed by atoms with E-state index in [0.29, 0.717) is 9.36 Å². The Morgan fingerprint density at radius 1 is 1.21 bits per heavy atom. The van der Waals surface area contributed by atoms with Crippen molar-refractivity contribution >= 4 is 56.5 Å². The highest BCUT2D eigenvalue weighted by atomic mass is 35.5. The van der Waals surface area contributed by atoms with Crippen molar-refractivity contribution in [1.29, 1.82) is 0 Å². The summed E-state index contributed by atoms with van der Waals surface area (Å²) in [4.78, 5) is 16.2. The van der Waals surface area contributed by atoms with Crippen molar-refractivity contribution in [3.05, 3.63) is 52.8 Å². The third kappa shape index (κ3) is 3.66. The van der Waals surface area contributed by atoms with Crippen LogP contribution >= 0.6 is 34.7 Å². The zero-order valence-electron chi connectivity index (χ0n) is 11.8. The van der Waals surface area contributed by atoms with Gasteiger partial charge < -0.3 is 5.32 Å². The first kappa shape index (κ1) is 17.1. The van der Waals surface area contributed by atoms with Gasteiger partial charge in [0.2, 0.25) is 5.91 Å². The Labute approximate surface area is 147 Å². The van der Waals surface area contributed by atoms with Crippen molar-refractivity contribution in [3.63, 3.8) is 0 Å². The Hall–Kier alpha value is -1.77. The smallest absolute Gasteiger partial charge is 0.234 e. The summed E-state index contributed by atoms with van der Waals surface area (Å²) in [6.07, 6.45) is 0. The number of halogens is 4. The third-order valence-electron chi connectivity index (χ3n) is 2.97. The molecule has 3 rings (SSSR count). The summed E-state index contributed by atoms with van der Waals surface area (Å²) in [6.45, 7) is 0. The number of hydrogen-bond donors (Lipinski definition) is 1. The normalized spacial score (nSPS) is 11.0. The highest BCUT2D eigenvalue weighted by Crippen LogP contribution is 2.31. The maximum absolute atomic E-state index is 13.5. The van der Waals surface area contributed by atoms with Crippen LogP contribution in [0.15, 0.2) is 34.7 Å². The molecule has 3 aromatic rings. The monoisotopic (exact) mass is 388 g/mol. The van der Waals surface area contributed by atoms with E-state index in [1.807, 2.05) is 6.07 Å². The van der Waals surface area contributed by atoms with Gasteiger partial charge in [-0.3, -0.25) is 4.79 Å². The largest absolute Gasteiger partial charge is 0.323 e. The molecular formula is C15H8ClF3N2OS2. The van der Waals surface area contributed by atoms with Gasteiger partial charge in [0.05, 0.1) is 21.7 Å². The number of rotatable bonds is 4. The quantitative estimate of drug-likeness (QED) is 0.499. The van der Waals surface area contributed by atoms with Crippen LogP contribution in [0, 0.1) is 17.5 Å². The Bertz CT molecular complexity index is 932. The fourth-order valence-electron chi connectivity index (χ4n) is 1.88. The molecule has 0 aliphatic carbocycles. The van der Waals surface area contributed by atoms with E-state index in [4.69, 9.17) is 11.6 Å². The molecule has 24 heavy (non-hydrogen) atoms. The molecule has 0 bridgehead atoms. The Kier molecular flexibility index (Phi) is 4.98. The predicted octanol–water partition coefficient (Wildman–Crippen LogP) is 5.10. The van der Waals surface area contributed by atoms with Crippen molar-refractivity contribution in [3.8, 4) is 0 Å². The molecule has 3 nitrogen and oxygen atoms in total. The molecule has 0 atom stereocenters. The number of amides is 1. The van der Waals surface area contributed by atoms with Gasteiger partial charge >= 0.3 is 0 Å². The lowest BCUT2D eigenvalue weighted by Crippen LogP contribution is -2.15. The van der Waals surface area contributed by atoms with Gasteiger partial charge in [-0.2, -0.15) is 0 Å². The molecule has 0 saturated carbocycles. The van der Waals surface area contributed by atoms with E-state index >= 15 is 0 Å². The maximum atomic E-state index is 13.5. The first-order chi connectivity index (χ1) is 11.4. The highest BCUT2D eigenvalue weighted by Gasteiger charge is 2.15. The van der Waals surface area contributed by atoms with Gasteiger partial charge in [-0.05, 0) is 30.3 Å². The van der Waals surface area contributed by atoms with Crippen LogP contribution in [0.4, 0.5) is 18.9 Å². The van der Waals surface area contributed by atoms with E-state index in [1.54, 1.807) is 12.1 Å². The van der Waals surface area contributed by atoms with Gasteiger partial charge in [-0.15, -0.1) is 11.3 Å². The molecule has 0 fully saturated rings. The predicted molar refractivity (Wildman–Crippen MR) is 90.3 cm³/mol. The van der Waals surface area contributed by atoms with Gasteiger partial charge in [0, 0.05) is 5.02 Å². The van der Waals surface area contributed by atoms with Gasteiger partial charge in [0.25, 0.3) is 0 Å². The minimum absolute atomic E-state index is 0.0496.